The average molecular weight is 200 g/mol. The highest BCUT2D eigenvalue weighted by Crippen LogP contribution is 2.29. The second-order valence-electron chi connectivity index (χ2n) is 4.16. The molecule has 1 unspecified atom stereocenters. The summed E-state index contributed by atoms with van der Waals surface area (Å²) in [7, 11) is 0. The molecule has 0 aromatic heterocycles. The monoisotopic (exact) mass is 200 g/mol. The molecule has 1 N–H and O–H groups in total. The number of nitrogens with zero attached hydrogens (tertiary/aromatic N) is 1. The number of benzene rings is 1. The van der Waals surface area contributed by atoms with Crippen molar-refractivity contribution < 1.29 is 0 Å². The van der Waals surface area contributed by atoms with Crippen LogP contribution in [0, 0.1) is 17.2 Å². The van der Waals surface area contributed by atoms with Crippen LogP contribution in [0.2, 0.25) is 0 Å². The Kier molecular flexibility index (Phi) is 3.37. The Morgan fingerprint density at radius 1 is 1.33 bits per heavy atom. The highest BCUT2D eigenvalue weighted by molar-refractivity contribution is 5.15. The summed E-state index contributed by atoms with van der Waals surface area (Å²) >= 11 is 0. The molecule has 0 aliphatic heterocycles. The van der Waals surface area contributed by atoms with Crippen molar-refractivity contribution in [3.8, 4) is 6.07 Å². The molecule has 0 saturated heterocycles. The minimum absolute atomic E-state index is 0.0407. The van der Waals surface area contributed by atoms with Gasteiger partial charge in [-0.1, -0.05) is 36.8 Å². The molecule has 15 heavy (non-hydrogen) atoms. The first-order chi connectivity index (χ1) is 7.40. The van der Waals surface area contributed by atoms with Gasteiger partial charge in [0.1, 0.15) is 0 Å². The van der Waals surface area contributed by atoms with Gasteiger partial charge in [-0.2, -0.15) is 5.26 Å². The summed E-state index contributed by atoms with van der Waals surface area (Å²) in [5.74, 6) is 0.582. The van der Waals surface area contributed by atoms with E-state index in [4.69, 9.17) is 5.26 Å². The summed E-state index contributed by atoms with van der Waals surface area (Å²) in [6.45, 7) is 0.801. The molecule has 2 rings (SSSR count). The number of nitriles is 1. The van der Waals surface area contributed by atoms with Crippen LogP contribution in [0.3, 0.4) is 0 Å². The minimum atomic E-state index is 0.0407. The fraction of sp³-hybridized carbons (Fsp3) is 0.462. The van der Waals surface area contributed by atoms with Crippen molar-refractivity contribution >= 4 is 0 Å². The third-order valence-corrected chi connectivity index (χ3v) is 3.13. The normalized spacial score (nSPS) is 17.8. The van der Waals surface area contributed by atoms with Crippen LogP contribution in [0.5, 0.6) is 0 Å². The van der Waals surface area contributed by atoms with Gasteiger partial charge in [-0.3, -0.25) is 5.32 Å². The summed E-state index contributed by atoms with van der Waals surface area (Å²) in [4.78, 5) is 0. The molecular formula is C13H16N2. The van der Waals surface area contributed by atoms with Gasteiger partial charge in [-0.25, -0.2) is 0 Å². The lowest BCUT2D eigenvalue weighted by atomic mass is 9.80. The summed E-state index contributed by atoms with van der Waals surface area (Å²) in [5, 5.41) is 12.4. The lowest BCUT2D eigenvalue weighted by Gasteiger charge is -2.30. The number of nitrogens with one attached hydrogen (secondary N) is 1. The van der Waals surface area contributed by atoms with Crippen molar-refractivity contribution in [3.05, 3.63) is 35.9 Å². The van der Waals surface area contributed by atoms with Gasteiger partial charge in [0.25, 0.3) is 0 Å². The van der Waals surface area contributed by atoms with E-state index < -0.39 is 0 Å². The molecule has 0 radical (unpaired) electrons. The Balaban J connectivity index is 1.84. The van der Waals surface area contributed by atoms with Gasteiger partial charge >= 0.3 is 0 Å². The molecule has 1 atom stereocenters. The first-order valence-electron chi connectivity index (χ1n) is 5.57. The smallest absolute Gasteiger partial charge is 0.0984 e. The van der Waals surface area contributed by atoms with E-state index in [0.29, 0.717) is 5.92 Å². The Morgan fingerprint density at radius 2 is 2.07 bits per heavy atom. The van der Waals surface area contributed by atoms with Crippen LogP contribution in [-0.4, -0.2) is 6.04 Å². The highest BCUT2D eigenvalue weighted by Gasteiger charge is 2.26. The predicted molar refractivity (Wildman–Crippen MR) is 60.0 cm³/mol. The molecule has 2 nitrogen and oxygen atoms in total. The standard InChI is InChI=1S/C13H16N2/c14-9-13(12-7-4-8-12)15-10-11-5-2-1-3-6-11/h1-3,5-6,12-13,15H,4,7-8,10H2. The molecule has 1 aromatic carbocycles. The molecular weight excluding hydrogens is 184 g/mol. The van der Waals surface area contributed by atoms with E-state index in [1.807, 2.05) is 18.2 Å². The molecule has 0 bridgehead atoms. The lowest BCUT2D eigenvalue weighted by Crippen LogP contribution is -2.37. The van der Waals surface area contributed by atoms with Crippen LogP contribution >= 0.6 is 0 Å². The van der Waals surface area contributed by atoms with Gasteiger partial charge in [-0.05, 0) is 24.3 Å². The van der Waals surface area contributed by atoms with Crippen molar-refractivity contribution in [3.63, 3.8) is 0 Å². The lowest BCUT2D eigenvalue weighted by molar-refractivity contribution is 0.262. The molecule has 78 valence electrons. The van der Waals surface area contributed by atoms with Gasteiger partial charge in [0, 0.05) is 6.54 Å². The van der Waals surface area contributed by atoms with Crippen LogP contribution in [0.4, 0.5) is 0 Å². The Morgan fingerprint density at radius 3 is 2.60 bits per heavy atom. The van der Waals surface area contributed by atoms with E-state index in [-0.39, 0.29) is 6.04 Å². The van der Waals surface area contributed by atoms with Gasteiger partial charge in [0.2, 0.25) is 0 Å². The van der Waals surface area contributed by atoms with Crippen LogP contribution in [0.1, 0.15) is 24.8 Å². The summed E-state index contributed by atoms with van der Waals surface area (Å²) in [6, 6.07) is 12.6. The number of rotatable bonds is 4. The van der Waals surface area contributed by atoms with Gasteiger partial charge in [0.05, 0.1) is 12.1 Å². The summed E-state index contributed by atoms with van der Waals surface area (Å²) in [6.07, 6.45) is 3.70. The zero-order valence-corrected chi connectivity index (χ0v) is 8.82. The molecule has 1 saturated carbocycles. The molecule has 0 heterocycles. The first kappa shape index (κ1) is 10.2. The molecule has 1 aliphatic carbocycles. The molecule has 1 fully saturated rings. The fourth-order valence-corrected chi connectivity index (χ4v) is 1.91. The average Bonchev–Trinajstić information content (AvgIpc) is 2.23. The molecule has 1 aromatic rings. The summed E-state index contributed by atoms with van der Waals surface area (Å²) < 4.78 is 0. The van der Waals surface area contributed by atoms with Crippen LogP contribution in [0.15, 0.2) is 30.3 Å². The van der Waals surface area contributed by atoms with E-state index >= 15 is 0 Å². The van der Waals surface area contributed by atoms with Gasteiger partial charge < -0.3 is 0 Å². The number of hydrogen-bond donors (Lipinski definition) is 1. The zero-order chi connectivity index (χ0) is 10.5. The maximum atomic E-state index is 9.03. The summed E-state index contributed by atoms with van der Waals surface area (Å²) in [5.41, 5.74) is 1.25. The SMILES string of the molecule is N#CC(NCc1ccccc1)C1CCC1. The fourth-order valence-electron chi connectivity index (χ4n) is 1.91. The quantitative estimate of drug-likeness (QED) is 0.810. The molecule has 2 heteroatoms. The first-order valence-corrected chi connectivity index (χ1v) is 5.57. The second-order valence-corrected chi connectivity index (χ2v) is 4.16. The largest absolute Gasteiger partial charge is 0.298 e. The maximum Gasteiger partial charge on any atom is 0.0984 e. The third-order valence-electron chi connectivity index (χ3n) is 3.13. The molecule has 0 amide bonds. The van der Waals surface area contributed by atoms with Crippen LogP contribution in [0.25, 0.3) is 0 Å². The van der Waals surface area contributed by atoms with Crippen molar-refractivity contribution in [1.82, 2.24) is 5.32 Å². The van der Waals surface area contributed by atoms with E-state index in [1.165, 1.54) is 24.8 Å². The van der Waals surface area contributed by atoms with Crippen molar-refractivity contribution in [1.29, 1.82) is 5.26 Å². The Hall–Kier alpha value is -1.33. The van der Waals surface area contributed by atoms with E-state index in [2.05, 4.69) is 23.5 Å². The minimum Gasteiger partial charge on any atom is -0.298 e. The number of hydrogen-bond acceptors (Lipinski definition) is 2. The van der Waals surface area contributed by atoms with Crippen molar-refractivity contribution in [2.45, 2.75) is 31.8 Å². The predicted octanol–water partition coefficient (Wildman–Crippen LogP) is 2.47. The highest BCUT2D eigenvalue weighted by atomic mass is 14.9. The van der Waals surface area contributed by atoms with Gasteiger partial charge in [-0.15, -0.1) is 0 Å². The van der Waals surface area contributed by atoms with E-state index in [0.717, 1.165) is 6.54 Å². The molecule has 0 spiro atoms. The third kappa shape index (κ3) is 2.57. The molecule has 1 aliphatic rings. The Labute approximate surface area is 90.9 Å². The van der Waals surface area contributed by atoms with Gasteiger partial charge in [0.15, 0.2) is 0 Å². The Bertz CT molecular complexity index is 335. The van der Waals surface area contributed by atoms with E-state index in [9.17, 15) is 0 Å². The van der Waals surface area contributed by atoms with Crippen molar-refractivity contribution in [2.75, 3.05) is 0 Å². The second kappa shape index (κ2) is 4.95. The zero-order valence-electron chi connectivity index (χ0n) is 8.82. The maximum absolute atomic E-state index is 9.03. The van der Waals surface area contributed by atoms with E-state index in [1.54, 1.807) is 0 Å². The topological polar surface area (TPSA) is 35.8 Å². The van der Waals surface area contributed by atoms with Crippen LogP contribution in [-0.2, 0) is 6.54 Å². The van der Waals surface area contributed by atoms with Crippen molar-refractivity contribution in [2.24, 2.45) is 5.92 Å². The van der Waals surface area contributed by atoms with Crippen LogP contribution < -0.4 is 5.32 Å².